The molecule has 0 aliphatic carbocycles. The molecule has 4 nitrogen and oxygen atoms in total. The first-order valence-corrected chi connectivity index (χ1v) is 7.10. The van der Waals surface area contributed by atoms with Crippen molar-refractivity contribution in [2.75, 3.05) is 11.9 Å². The van der Waals surface area contributed by atoms with Gasteiger partial charge < -0.3 is 10.6 Å². The highest BCUT2D eigenvalue weighted by atomic mass is 19.2. The summed E-state index contributed by atoms with van der Waals surface area (Å²) in [5.74, 6) is -3.08. The van der Waals surface area contributed by atoms with Crippen molar-refractivity contribution >= 4 is 17.5 Å². The fourth-order valence-corrected chi connectivity index (χ4v) is 1.98. The van der Waals surface area contributed by atoms with Crippen LogP contribution in [-0.4, -0.2) is 18.4 Å². The molecule has 120 valence electrons. The Hall–Kier alpha value is -2.76. The van der Waals surface area contributed by atoms with Crippen LogP contribution in [0.3, 0.4) is 0 Å². The number of halogens is 2. The Labute approximate surface area is 132 Å². The lowest BCUT2D eigenvalue weighted by Crippen LogP contribution is -2.29. The SMILES string of the molecule is O=C(CC(=O)Nc1ccc(F)c(F)c1)NCCc1ccccc1. The molecule has 23 heavy (non-hydrogen) atoms. The van der Waals surface area contributed by atoms with E-state index < -0.39 is 23.4 Å². The molecular formula is C17H16F2N2O2. The van der Waals surface area contributed by atoms with E-state index in [1.807, 2.05) is 30.3 Å². The topological polar surface area (TPSA) is 58.2 Å². The standard InChI is InChI=1S/C17H16F2N2O2/c18-14-7-6-13(10-15(14)19)21-17(23)11-16(22)20-9-8-12-4-2-1-3-5-12/h1-7,10H,8-9,11H2,(H,20,22)(H,21,23). The molecule has 0 spiro atoms. The number of benzene rings is 2. The van der Waals surface area contributed by atoms with Crippen LogP contribution < -0.4 is 10.6 Å². The van der Waals surface area contributed by atoms with Crippen molar-refractivity contribution in [2.24, 2.45) is 0 Å². The number of rotatable bonds is 6. The molecule has 2 N–H and O–H groups in total. The second kappa shape index (κ2) is 8.03. The fraction of sp³-hybridized carbons (Fsp3) is 0.176. The molecule has 0 heterocycles. The third kappa shape index (κ3) is 5.50. The van der Waals surface area contributed by atoms with Crippen LogP contribution in [0.15, 0.2) is 48.5 Å². The molecule has 0 fully saturated rings. The zero-order valence-electron chi connectivity index (χ0n) is 12.3. The Bertz CT molecular complexity index is 690. The molecule has 0 saturated heterocycles. The van der Waals surface area contributed by atoms with Crippen molar-refractivity contribution in [3.63, 3.8) is 0 Å². The first-order chi connectivity index (χ1) is 11.0. The summed E-state index contributed by atoms with van der Waals surface area (Å²) in [6.07, 6.45) is 0.283. The Morgan fingerprint density at radius 1 is 0.913 bits per heavy atom. The fourth-order valence-electron chi connectivity index (χ4n) is 1.98. The maximum absolute atomic E-state index is 13.0. The molecule has 0 radical (unpaired) electrons. The smallest absolute Gasteiger partial charge is 0.233 e. The van der Waals surface area contributed by atoms with Crippen LogP contribution in [-0.2, 0) is 16.0 Å². The van der Waals surface area contributed by atoms with Crippen LogP contribution in [0.5, 0.6) is 0 Å². The molecule has 2 aromatic carbocycles. The van der Waals surface area contributed by atoms with Gasteiger partial charge in [-0.05, 0) is 24.1 Å². The third-order valence-electron chi connectivity index (χ3n) is 3.10. The first-order valence-electron chi connectivity index (χ1n) is 7.10. The average Bonchev–Trinajstić information content (AvgIpc) is 2.52. The summed E-state index contributed by atoms with van der Waals surface area (Å²) < 4.78 is 25.8. The largest absolute Gasteiger partial charge is 0.355 e. The van der Waals surface area contributed by atoms with Crippen molar-refractivity contribution in [1.29, 1.82) is 0 Å². The minimum atomic E-state index is -1.06. The number of anilines is 1. The van der Waals surface area contributed by atoms with Gasteiger partial charge in [0.2, 0.25) is 11.8 Å². The molecular weight excluding hydrogens is 302 g/mol. The highest BCUT2D eigenvalue weighted by Crippen LogP contribution is 2.13. The Kier molecular flexibility index (Phi) is 5.80. The summed E-state index contributed by atoms with van der Waals surface area (Å²) in [5, 5.41) is 4.98. The molecule has 0 aliphatic heterocycles. The molecule has 0 atom stereocenters. The number of carbonyl (C=O) groups excluding carboxylic acids is 2. The molecule has 2 rings (SSSR count). The van der Waals surface area contributed by atoms with Crippen LogP contribution >= 0.6 is 0 Å². The van der Waals surface area contributed by atoms with E-state index in [9.17, 15) is 18.4 Å². The Balaban J connectivity index is 1.74. The monoisotopic (exact) mass is 318 g/mol. The second-order valence-electron chi connectivity index (χ2n) is 4.94. The van der Waals surface area contributed by atoms with Crippen molar-refractivity contribution in [3.05, 3.63) is 65.7 Å². The maximum atomic E-state index is 13.0. The van der Waals surface area contributed by atoms with Gasteiger partial charge in [0.1, 0.15) is 6.42 Å². The minimum absolute atomic E-state index is 0.103. The van der Waals surface area contributed by atoms with Gasteiger partial charge in [-0.15, -0.1) is 0 Å². The quantitative estimate of drug-likeness (QED) is 0.805. The summed E-state index contributed by atoms with van der Waals surface area (Å²) in [6, 6.07) is 12.6. The molecule has 2 aromatic rings. The van der Waals surface area contributed by atoms with Crippen molar-refractivity contribution < 1.29 is 18.4 Å². The second-order valence-corrected chi connectivity index (χ2v) is 4.94. The van der Waals surface area contributed by atoms with E-state index in [0.29, 0.717) is 13.0 Å². The van der Waals surface area contributed by atoms with E-state index in [2.05, 4.69) is 10.6 Å². The average molecular weight is 318 g/mol. The predicted molar refractivity (Wildman–Crippen MR) is 82.8 cm³/mol. The normalized spacial score (nSPS) is 10.2. The van der Waals surface area contributed by atoms with Crippen LogP contribution in [0, 0.1) is 11.6 Å². The zero-order valence-corrected chi connectivity index (χ0v) is 12.3. The number of amides is 2. The van der Waals surface area contributed by atoms with Gasteiger partial charge in [0, 0.05) is 18.3 Å². The van der Waals surface area contributed by atoms with Crippen molar-refractivity contribution in [1.82, 2.24) is 5.32 Å². The molecule has 0 saturated carbocycles. The van der Waals surface area contributed by atoms with E-state index in [0.717, 1.165) is 17.7 Å². The van der Waals surface area contributed by atoms with E-state index in [4.69, 9.17) is 0 Å². The van der Waals surface area contributed by atoms with Crippen LogP contribution in [0.25, 0.3) is 0 Å². The van der Waals surface area contributed by atoms with Gasteiger partial charge in [0.15, 0.2) is 11.6 Å². The lowest BCUT2D eigenvalue weighted by atomic mass is 10.1. The highest BCUT2D eigenvalue weighted by Gasteiger charge is 2.10. The van der Waals surface area contributed by atoms with Crippen LogP contribution in [0.1, 0.15) is 12.0 Å². The van der Waals surface area contributed by atoms with Gasteiger partial charge in [0.05, 0.1) is 0 Å². The van der Waals surface area contributed by atoms with E-state index in [1.54, 1.807) is 0 Å². The number of nitrogens with one attached hydrogen (secondary N) is 2. The van der Waals surface area contributed by atoms with Crippen molar-refractivity contribution in [2.45, 2.75) is 12.8 Å². The molecule has 0 aliphatic rings. The van der Waals surface area contributed by atoms with Gasteiger partial charge in [-0.2, -0.15) is 0 Å². The lowest BCUT2D eigenvalue weighted by molar-refractivity contribution is -0.126. The molecule has 0 aromatic heterocycles. The molecule has 0 bridgehead atoms. The number of hydrogen-bond acceptors (Lipinski definition) is 2. The van der Waals surface area contributed by atoms with Crippen LogP contribution in [0.2, 0.25) is 0 Å². The molecule has 0 unspecified atom stereocenters. The number of hydrogen-bond donors (Lipinski definition) is 2. The van der Waals surface area contributed by atoms with E-state index >= 15 is 0 Å². The van der Waals surface area contributed by atoms with Gasteiger partial charge >= 0.3 is 0 Å². The van der Waals surface area contributed by atoms with Crippen LogP contribution in [0.4, 0.5) is 14.5 Å². The number of carbonyl (C=O) groups is 2. The summed E-state index contributed by atoms with van der Waals surface area (Å²) in [4.78, 5) is 23.3. The third-order valence-corrected chi connectivity index (χ3v) is 3.10. The van der Waals surface area contributed by atoms with E-state index in [1.165, 1.54) is 6.07 Å². The summed E-state index contributed by atoms with van der Waals surface area (Å²) >= 11 is 0. The Morgan fingerprint density at radius 3 is 2.35 bits per heavy atom. The molecule has 2 amide bonds. The van der Waals surface area contributed by atoms with Gasteiger partial charge in [-0.3, -0.25) is 9.59 Å². The lowest BCUT2D eigenvalue weighted by Gasteiger charge is -2.07. The predicted octanol–water partition coefficient (Wildman–Crippen LogP) is 2.65. The first kappa shape index (κ1) is 16.6. The van der Waals surface area contributed by atoms with E-state index in [-0.39, 0.29) is 12.1 Å². The zero-order chi connectivity index (χ0) is 16.7. The maximum Gasteiger partial charge on any atom is 0.233 e. The highest BCUT2D eigenvalue weighted by molar-refractivity contribution is 6.03. The summed E-state index contributed by atoms with van der Waals surface area (Å²) in [5.41, 5.74) is 1.19. The van der Waals surface area contributed by atoms with Gasteiger partial charge in [-0.25, -0.2) is 8.78 Å². The van der Waals surface area contributed by atoms with Gasteiger partial charge in [0.25, 0.3) is 0 Å². The van der Waals surface area contributed by atoms with Crippen molar-refractivity contribution in [3.8, 4) is 0 Å². The minimum Gasteiger partial charge on any atom is -0.355 e. The summed E-state index contributed by atoms with van der Waals surface area (Å²) in [7, 11) is 0. The summed E-state index contributed by atoms with van der Waals surface area (Å²) in [6.45, 7) is 0.418. The molecule has 6 heteroatoms. The Morgan fingerprint density at radius 2 is 1.65 bits per heavy atom. The van der Waals surface area contributed by atoms with Gasteiger partial charge in [-0.1, -0.05) is 30.3 Å².